The lowest BCUT2D eigenvalue weighted by Gasteiger charge is -2.07. The van der Waals surface area contributed by atoms with E-state index in [2.05, 4.69) is 22.9 Å². The molecule has 0 saturated carbocycles. The van der Waals surface area contributed by atoms with Crippen molar-refractivity contribution in [1.82, 2.24) is 16.0 Å². The lowest BCUT2D eigenvalue weighted by molar-refractivity contribution is -0.135. The van der Waals surface area contributed by atoms with E-state index < -0.39 is 5.97 Å². The first kappa shape index (κ1) is 27.4. The zero-order chi connectivity index (χ0) is 20.5. The predicted molar refractivity (Wildman–Crippen MR) is 121 cm³/mol. The van der Waals surface area contributed by atoms with Gasteiger partial charge in [-0.3, -0.25) is 4.79 Å². The largest absolute Gasteiger partial charge is 0.480 e. The maximum absolute atomic E-state index is 10.3. The first-order valence-electron chi connectivity index (χ1n) is 12.1. The van der Waals surface area contributed by atoms with E-state index >= 15 is 0 Å². The first-order valence-corrected chi connectivity index (χ1v) is 12.1. The molecule has 0 aliphatic carbocycles. The van der Waals surface area contributed by atoms with Crippen molar-refractivity contribution in [2.24, 2.45) is 0 Å². The van der Waals surface area contributed by atoms with Gasteiger partial charge in [-0.05, 0) is 13.0 Å². The van der Waals surface area contributed by atoms with Gasteiger partial charge in [0.05, 0.1) is 6.54 Å². The number of carbonyl (C=O) groups is 1. The van der Waals surface area contributed by atoms with Crippen LogP contribution in [0.1, 0.15) is 103 Å². The normalized spacial score (nSPS) is 11.2. The summed E-state index contributed by atoms with van der Waals surface area (Å²) in [5.41, 5.74) is 0. The van der Waals surface area contributed by atoms with Crippen LogP contribution < -0.4 is 16.0 Å². The minimum atomic E-state index is -0.801. The van der Waals surface area contributed by atoms with Gasteiger partial charge < -0.3 is 21.1 Å². The number of aliphatic carboxylic acids is 1. The van der Waals surface area contributed by atoms with Gasteiger partial charge in [0.25, 0.3) is 0 Å². The Bertz CT molecular complexity index is 314. The molecular weight excluding hydrogens is 350 g/mol. The number of unbranched alkanes of at least 4 members (excludes halogenated alkanes) is 14. The molecular formula is C23H49N3O2. The number of carboxylic acid groups (broad SMARTS) is 1. The smallest absolute Gasteiger partial charge is 0.317 e. The van der Waals surface area contributed by atoms with Crippen molar-refractivity contribution < 1.29 is 9.90 Å². The molecule has 0 aromatic carbocycles. The fourth-order valence-electron chi connectivity index (χ4n) is 3.42. The molecule has 0 rings (SSSR count). The van der Waals surface area contributed by atoms with Crippen molar-refractivity contribution in [2.45, 2.75) is 103 Å². The van der Waals surface area contributed by atoms with Crippen molar-refractivity contribution in [1.29, 1.82) is 0 Å². The maximum atomic E-state index is 10.3. The first-order chi connectivity index (χ1) is 13.8. The molecule has 0 saturated heterocycles. The molecule has 0 fully saturated rings. The average Bonchev–Trinajstić information content (AvgIpc) is 2.68. The van der Waals surface area contributed by atoms with E-state index in [1.807, 2.05) is 0 Å². The zero-order valence-electron chi connectivity index (χ0n) is 18.7. The Balaban J connectivity index is 2.99. The predicted octanol–water partition coefficient (Wildman–Crippen LogP) is 4.71. The van der Waals surface area contributed by atoms with Gasteiger partial charge in [-0.15, -0.1) is 0 Å². The Morgan fingerprint density at radius 3 is 1.32 bits per heavy atom. The summed E-state index contributed by atoms with van der Waals surface area (Å²) < 4.78 is 0. The van der Waals surface area contributed by atoms with Crippen molar-refractivity contribution in [3.63, 3.8) is 0 Å². The van der Waals surface area contributed by atoms with E-state index in [9.17, 15) is 4.79 Å². The molecule has 0 atom stereocenters. The summed E-state index contributed by atoms with van der Waals surface area (Å²) in [5.74, 6) is -0.801. The summed E-state index contributed by atoms with van der Waals surface area (Å²) in [4.78, 5) is 10.3. The van der Waals surface area contributed by atoms with E-state index in [1.165, 1.54) is 96.3 Å². The van der Waals surface area contributed by atoms with Crippen LogP contribution in [0, 0.1) is 0 Å². The third-order valence-electron chi connectivity index (χ3n) is 5.19. The molecule has 5 nitrogen and oxygen atoms in total. The van der Waals surface area contributed by atoms with Crippen molar-refractivity contribution in [2.75, 3.05) is 39.3 Å². The minimum Gasteiger partial charge on any atom is -0.480 e. The fourth-order valence-corrected chi connectivity index (χ4v) is 3.42. The van der Waals surface area contributed by atoms with Crippen LogP contribution in [-0.4, -0.2) is 50.3 Å². The van der Waals surface area contributed by atoms with E-state index in [4.69, 9.17) is 5.11 Å². The maximum Gasteiger partial charge on any atom is 0.317 e. The number of nitrogens with one attached hydrogen (secondary N) is 3. The minimum absolute atomic E-state index is 0.0408. The Morgan fingerprint density at radius 2 is 0.893 bits per heavy atom. The highest BCUT2D eigenvalue weighted by Gasteiger charge is 1.95. The highest BCUT2D eigenvalue weighted by Crippen LogP contribution is 2.13. The second-order valence-electron chi connectivity index (χ2n) is 8.02. The van der Waals surface area contributed by atoms with Crippen molar-refractivity contribution >= 4 is 5.97 Å². The second-order valence-corrected chi connectivity index (χ2v) is 8.02. The van der Waals surface area contributed by atoms with Gasteiger partial charge in [0.1, 0.15) is 0 Å². The van der Waals surface area contributed by atoms with Crippen molar-refractivity contribution in [3.8, 4) is 0 Å². The van der Waals surface area contributed by atoms with Gasteiger partial charge in [-0.25, -0.2) is 0 Å². The number of hydrogen-bond acceptors (Lipinski definition) is 4. The fraction of sp³-hybridized carbons (Fsp3) is 0.957. The Morgan fingerprint density at radius 1 is 0.536 bits per heavy atom. The molecule has 28 heavy (non-hydrogen) atoms. The van der Waals surface area contributed by atoms with Crippen LogP contribution in [0.5, 0.6) is 0 Å². The quantitative estimate of drug-likeness (QED) is 0.177. The monoisotopic (exact) mass is 399 g/mol. The van der Waals surface area contributed by atoms with Gasteiger partial charge >= 0.3 is 5.97 Å². The topological polar surface area (TPSA) is 73.4 Å². The highest BCUT2D eigenvalue weighted by atomic mass is 16.4. The SMILES string of the molecule is CCCCCCCCCCCCCCCCCNCCNCCNCC(=O)O. The Kier molecular flexibility index (Phi) is 23.8. The summed E-state index contributed by atoms with van der Waals surface area (Å²) in [6.45, 7) is 6.87. The highest BCUT2D eigenvalue weighted by molar-refractivity contribution is 5.68. The molecule has 0 spiro atoms. The Labute approximate surface area is 174 Å². The summed E-state index contributed by atoms with van der Waals surface area (Å²) >= 11 is 0. The van der Waals surface area contributed by atoms with Crippen LogP contribution in [0.4, 0.5) is 0 Å². The lowest BCUT2D eigenvalue weighted by atomic mass is 10.0. The molecule has 168 valence electrons. The van der Waals surface area contributed by atoms with E-state index in [-0.39, 0.29) is 6.54 Å². The third kappa shape index (κ3) is 25.4. The van der Waals surface area contributed by atoms with Crippen LogP contribution in [0.15, 0.2) is 0 Å². The molecule has 0 aliphatic rings. The van der Waals surface area contributed by atoms with Crippen LogP contribution in [0.3, 0.4) is 0 Å². The number of rotatable bonds is 24. The van der Waals surface area contributed by atoms with Gasteiger partial charge in [0, 0.05) is 26.2 Å². The molecule has 4 N–H and O–H groups in total. The van der Waals surface area contributed by atoms with E-state index in [0.717, 1.165) is 26.2 Å². The molecule has 0 heterocycles. The van der Waals surface area contributed by atoms with Crippen molar-refractivity contribution in [3.05, 3.63) is 0 Å². The van der Waals surface area contributed by atoms with E-state index in [0.29, 0.717) is 6.54 Å². The number of hydrogen-bond donors (Lipinski definition) is 4. The zero-order valence-corrected chi connectivity index (χ0v) is 18.7. The lowest BCUT2D eigenvalue weighted by Crippen LogP contribution is -2.34. The molecule has 0 aromatic heterocycles. The van der Waals surface area contributed by atoms with Gasteiger partial charge in [0.15, 0.2) is 0 Å². The summed E-state index contributed by atoms with van der Waals surface area (Å²) in [6, 6.07) is 0. The van der Waals surface area contributed by atoms with Gasteiger partial charge in [0.2, 0.25) is 0 Å². The second kappa shape index (κ2) is 24.4. The summed E-state index contributed by atoms with van der Waals surface area (Å²) in [5, 5.41) is 18.1. The van der Waals surface area contributed by atoms with Gasteiger partial charge in [-0.1, -0.05) is 96.8 Å². The standard InChI is InChI=1S/C23H49N3O2/c1-2-3-4-5-6-7-8-9-10-11-12-13-14-15-16-17-24-18-19-25-20-21-26-22-23(27)28/h24-26H,2-22H2,1H3,(H,27,28). The summed E-state index contributed by atoms with van der Waals surface area (Å²) in [6.07, 6.45) is 21.2. The Hall–Kier alpha value is -0.650. The molecule has 0 amide bonds. The molecule has 0 aromatic rings. The molecule has 0 aliphatic heterocycles. The van der Waals surface area contributed by atoms with Crippen LogP contribution >= 0.6 is 0 Å². The summed E-state index contributed by atoms with van der Waals surface area (Å²) in [7, 11) is 0. The molecule has 0 bridgehead atoms. The third-order valence-corrected chi connectivity index (χ3v) is 5.19. The van der Waals surface area contributed by atoms with E-state index in [1.54, 1.807) is 0 Å². The van der Waals surface area contributed by atoms with Gasteiger partial charge in [-0.2, -0.15) is 0 Å². The molecule has 5 heteroatoms. The average molecular weight is 400 g/mol. The van der Waals surface area contributed by atoms with Crippen LogP contribution in [0.25, 0.3) is 0 Å². The van der Waals surface area contributed by atoms with Crippen LogP contribution in [0.2, 0.25) is 0 Å². The van der Waals surface area contributed by atoms with Crippen LogP contribution in [-0.2, 0) is 4.79 Å². The molecule has 0 radical (unpaired) electrons. The molecule has 0 unspecified atom stereocenters. The number of carboxylic acids is 1.